The molecule has 3 aromatic rings. The fourth-order valence-corrected chi connectivity index (χ4v) is 7.59. The summed E-state index contributed by atoms with van der Waals surface area (Å²) in [5.41, 5.74) is -1.90. The van der Waals surface area contributed by atoms with Crippen LogP contribution >= 0.6 is 11.3 Å². The van der Waals surface area contributed by atoms with Crippen molar-refractivity contribution in [1.82, 2.24) is 20.0 Å². The molecular formula is C29H32F8N4O4S. The average Bonchev–Trinajstić information content (AvgIpc) is 3.62. The van der Waals surface area contributed by atoms with E-state index in [-0.39, 0.29) is 79.6 Å². The number of aromatic amines is 1. The van der Waals surface area contributed by atoms with Gasteiger partial charge in [-0.05, 0) is 57.3 Å². The predicted octanol–water partition coefficient (Wildman–Crippen LogP) is 8.16. The number of H-pyrrole nitrogens is 1. The van der Waals surface area contributed by atoms with Crippen LogP contribution in [-0.2, 0) is 12.0 Å². The first-order valence-corrected chi connectivity index (χ1v) is 15.7. The van der Waals surface area contributed by atoms with Gasteiger partial charge in [-0.3, -0.25) is 14.4 Å². The summed E-state index contributed by atoms with van der Waals surface area (Å²) in [6, 6.07) is 3.84. The van der Waals surface area contributed by atoms with E-state index in [1.807, 2.05) is 0 Å². The quantitative estimate of drug-likeness (QED) is 0.216. The lowest BCUT2D eigenvalue weighted by Crippen LogP contribution is -2.44. The van der Waals surface area contributed by atoms with Gasteiger partial charge in [0.2, 0.25) is 0 Å². The third kappa shape index (κ3) is 7.34. The molecule has 0 amide bonds. The first-order valence-electron chi connectivity index (χ1n) is 14.9. The number of nitrogens with one attached hydrogen (secondary N) is 1. The van der Waals surface area contributed by atoms with Gasteiger partial charge in [-0.25, -0.2) is 9.78 Å². The van der Waals surface area contributed by atoms with E-state index in [0.29, 0.717) is 24.1 Å². The van der Waals surface area contributed by atoms with Gasteiger partial charge in [0, 0.05) is 12.6 Å². The lowest BCUT2D eigenvalue weighted by atomic mass is 9.74. The molecule has 3 heterocycles. The van der Waals surface area contributed by atoms with Gasteiger partial charge in [0.15, 0.2) is 5.82 Å². The minimum absolute atomic E-state index is 0.0287. The molecule has 5 rings (SSSR count). The zero-order valence-electron chi connectivity index (χ0n) is 24.6. The molecule has 17 heteroatoms. The smallest absolute Gasteiger partial charge is 0.439 e. The summed E-state index contributed by atoms with van der Waals surface area (Å²) in [4.78, 5) is 20.3. The SMILES string of the molecule is CCC(Oc1ccc(-c2noc(=O)[nH]2)c(OC(F)F)c1)c1sc(C2(C(F)(F)F)CCCCC2)nc1CN1CCC(C(F)(F)F)CC1. The van der Waals surface area contributed by atoms with Crippen molar-refractivity contribution < 1.29 is 49.1 Å². The van der Waals surface area contributed by atoms with Gasteiger partial charge in [0.25, 0.3) is 0 Å². The summed E-state index contributed by atoms with van der Waals surface area (Å²) in [6.45, 7) is -1.30. The van der Waals surface area contributed by atoms with Gasteiger partial charge in [-0.1, -0.05) is 31.3 Å². The Kier molecular flexibility index (Phi) is 10.0. The normalized spacial score (nSPS) is 19.0. The Bertz CT molecular complexity index is 1520. The zero-order chi connectivity index (χ0) is 33.3. The molecule has 1 N–H and O–H groups in total. The highest BCUT2D eigenvalue weighted by Gasteiger charge is 2.58. The average molecular weight is 685 g/mol. The number of alkyl halides is 8. The summed E-state index contributed by atoms with van der Waals surface area (Å²) in [6.07, 6.45) is -8.64. The maximum atomic E-state index is 14.7. The van der Waals surface area contributed by atoms with Crippen molar-refractivity contribution >= 4 is 11.3 Å². The van der Waals surface area contributed by atoms with E-state index in [4.69, 9.17) is 4.74 Å². The molecule has 1 atom stereocenters. The van der Waals surface area contributed by atoms with Crippen LogP contribution in [0.3, 0.4) is 0 Å². The summed E-state index contributed by atoms with van der Waals surface area (Å²) in [7, 11) is 0. The van der Waals surface area contributed by atoms with Crippen molar-refractivity contribution in [3.05, 3.63) is 44.3 Å². The van der Waals surface area contributed by atoms with Crippen LogP contribution in [0, 0.1) is 5.92 Å². The number of aromatic nitrogens is 3. The molecule has 1 aliphatic carbocycles. The van der Waals surface area contributed by atoms with E-state index >= 15 is 0 Å². The van der Waals surface area contributed by atoms with Gasteiger partial charge in [0.05, 0.1) is 22.1 Å². The molecule has 2 aliphatic rings. The van der Waals surface area contributed by atoms with Crippen LogP contribution in [-0.4, -0.2) is 52.1 Å². The summed E-state index contributed by atoms with van der Waals surface area (Å²) >= 11 is 0.879. The summed E-state index contributed by atoms with van der Waals surface area (Å²) in [5.74, 6) is -2.91. The Balaban J connectivity index is 1.49. The highest BCUT2D eigenvalue weighted by Crippen LogP contribution is 2.53. The summed E-state index contributed by atoms with van der Waals surface area (Å²) in [5, 5.41) is 3.39. The molecule has 1 saturated heterocycles. The van der Waals surface area contributed by atoms with E-state index in [2.05, 4.69) is 24.4 Å². The molecule has 2 fully saturated rings. The number of rotatable bonds is 10. The number of hydrogen-bond acceptors (Lipinski definition) is 8. The molecule has 0 bridgehead atoms. The number of hydrogen-bond donors (Lipinski definition) is 1. The molecule has 1 saturated carbocycles. The highest BCUT2D eigenvalue weighted by atomic mass is 32.1. The van der Waals surface area contributed by atoms with Crippen molar-refractivity contribution in [1.29, 1.82) is 0 Å². The predicted molar refractivity (Wildman–Crippen MR) is 150 cm³/mol. The van der Waals surface area contributed by atoms with Crippen molar-refractivity contribution in [2.75, 3.05) is 13.1 Å². The fourth-order valence-electron chi connectivity index (χ4n) is 6.13. The third-order valence-corrected chi connectivity index (χ3v) is 10.0. The highest BCUT2D eigenvalue weighted by molar-refractivity contribution is 7.12. The van der Waals surface area contributed by atoms with Crippen LogP contribution in [0.15, 0.2) is 27.5 Å². The Morgan fingerprint density at radius 1 is 1.09 bits per heavy atom. The van der Waals surface area contributed by atoms with Crippen molar-refractivity contribution in [3.8, 4) is 22.9 Å². The standard InChI is InChI=1S/C29H32F8N4O4S/c1-2-20(43-17-6-7-18(21(14-17)44-25(30)31)23-39-26(42)45-40-23)22-19(15-41-12-8-16(9-13-41)28(32,33)34)38-24(46-22)27(29(35,36)37)10-4-3-5-11-27/h6-7,14,16,20,25H,2-5,8-13,15H2,1H3,(H,39,40,42). The second kappa shape index (κ2) is 13.5. The maximum absolute atomic E-state index is 14.7. The molecule has 2 aromatic heterocycles. The van der Waals surface area contributed by atoms with Gasteiger partial charge in [0.1, 0.15) is 28.0 Å². The number of ether oxygens (including phenoxy) is 2. The first-order chi connectivity index (χ1) is 21.7. The van der Waals surface area contributed by atoms with E-state index in [9.17, 15) is 39.9 Å². The first kappa shape index (κ1) is 34.1. The molecule has 0 radical (unpaired) electrons. The van der Waals surface area contributed by atoms with E-state index in [0.717, 1.165) is 17.4 Å². The largest absolute Gasteiger partial charge is 0.485 e. The molecule has 8 nitrogen and oxygen atoms in total. The van der Waals surface area contributed by atoms with Gasteiger partial charge < -0.3 is 9.47 Å². The lowest BCUT2D eigenvalue weighted by Gasteiger charge is -2.37. The van der Waals surface area contributed by atoms with Crippen LogP contribution in [0.25, 0.3) is 11.4 Å². The molecule has 0 spiro atoms. The number of thiazole rings is 1. The Morgan fingerprint density at radius 3 is 2.35 bits per heavy atom. The maximum Gasteiger partial charge on any atom is 0.439 e. The summed E-state index contributed by atoms with van der Waals surface area (Å²) < 4.78 is 126. The van der Waals surface area contributed by atoms with Crippen LogP contribution in [0.1, 0.15) is 80.0 Å². The monoisotopic (exact) mass is 684 g/mol. The van der Waals surface area contributed by atoms with Crippen molar-refractivity contribution in [2.45, 2.75) is 95.3 Å². The third-order valence-electron chi connectivity index (χ3n) is 8.62. The fraction of sp³-hybridized carbons (Fsp3) is 0.621. The van der Waals surface area contributed by atoms with Gasteiger partial charge in [-0.15, -0.1) is 11.3 Å². The number of nitrogens with zero attached hydrogens (tertiary/aromatic N) is 3. The number of likely N-dealkylation sites (tertiary alicyclic amines) is 1. The number of piperidine rings is 1. The zero-order valence-corrected chi connectivity index (χ0v) is 25.5. The van der Waals surface area contributed by atoms with Crippen molar-refractivity contribution in [2.24, 2.45) is 5.92 Å². The van der Waals surface area contributed by atoms with E-state index < -0.39 is 47.9 Å². The van der Waals surface area contributed by atoms with E-state index in [1.165, 1.54) is 12.1 Å². The number of benzene rings is 1. The van der Waals surface area contributed by atoms with Gasteiger partial charge in [-0.2, -0.15) is 35.1 Å². The lowest BCUT2D eigenvalue weighted by molar-refractivity contribution is -0.199. The Hall–Kier alpha value is -3.21. The number of halogens is 8. The van der Waals surface area contributed by atoms with Crippen LogP contribution in [0.2, 0.25) is 0 Å². The minimum atomic E-state index is -4.58. The van der Waals surface area contributed by atoms with Crippen molar-refractivity contribution in [3.63, 3.8) is 0 Å². The molecule has 1 aliphatic heterocycles. The van der Waals surface area contributed by atoms with Crippen LogP contribution < -0.4 is 15.2 Å². The second-order valence-corrected chi connectivity index (χ2v) is 12.6. The van der Waals surface area contributed by atoms with Gasteiger partial charge >= 0.3 is 24.7 Å². The molecular weight excluding hydrogens is 652 g/mol. The topological polar surface area (TPSA) is 93.5 Å². The molecule has 254 valence electrons. The van der Waals surface area contributed by atoms with Crippen LogP contribution in [0.5, 0.6) is 11.5 Å². The Morgan fingerprint density at radius 2 is 1.78 bits per heavy atom. The molecule has 46 heavy (non-hydrogen) atoms. The molecule has 1 unspecified atom stereocenters. The Labute approximate surface area is 262 Å². The van der Waals surface area contributed by atoms with E-state index in [1.54, 1.807) is 11.8 Å². The molecule has 1 aromatic carbocycles. The van der Waals surface area contributed by atoms with Crippen LogP contribution in [0.4, 0.5) is 35.1 Å². The second-order valence-electron chi connectivity index (χ2n) is 11.6. The minimum Gasteiger partial charge on any atom is -0.485 e.